The molecule has 0 aromatic heterocycles. The fourth-order valence-corrected chi connectivity index (χ4v) is 2.01. The Hall–Kier alpha value is -1.50. The van der Waals surface area contributed by atoms with Gasteiger partial charge in [-0.2, -0.15) is 0 Å². The zero-order chi connectivity index (χ0) is 14.1. The Bertz CT molecular complexity index is 403. The van der Waals surface area contributed by atoms with Gasteiger partial charge < -0.3 is 5.73 Å². The number of hydrogen-bond acceptors (Lipinski definition) is 1. The lowest BCUT2D eigenvalue weighted by Gasteiger charge is -2.10. The second kappa shape index (κ2) is 8.57. The van der Waals surface area contributed by atoms with Crippen molar-refractivity contribution in [3.8, 4) is 0 Å². The predicted octanol–water partition coefficient (Wildman–Crippen LogP) is 5.04. The molecule has 0 saturated carbocycles. The van der Waals surface area contributed by atoms with E-state index in [1.807, 2.05) is 6.92 Å². The first-order chi connectivity index (χ1) is 8.46. The lowest BCUT2D eigenvalue weighted by atomic mass is 9.96. The van der Waals surface area contributed by atoms with Crippen LogP contribution in [0.4, 0.5) is 0 Å². The van der Waals surface area contributed by atoms with E-state index >= 15 is 0 Å². The molecule has 2 N–H and O–H groups in total. The number of hydrogen-bond donors (Lipinski definition) is 1. The summed E-state index contributed by atoms with van der Waals surface area (Å²) < 4.78 is 0. The Morgan fingerprint density at radius 1 is 1.11 bits per heavy atom. The second-order valence-electron chi connectivity index (χ2n) is 4.68. The zero-order valence-corrected chi connectivity index (χ0v) is 12.5. The Labute approximate surface area is 112 Å². The van der Waals surface area contributed by atoms with Gasteiger partial charge in [-0.05, 0) is 62.6 Å². The molecule has 0 aromatic rings. The molecule has 1 heteroatoms. The molecule has 100 valence electrons. The van der Waals surface area contributed by atoms with Crippen molar-refractivity contribution in [1.82, 2.24) is 0 Å². The second-order valence-corrected chi connectivity index (χ2v) is 4.68. The first-order valence-electron chi connectivity index (χ1n) is 6.56. The number of rotatable bonds is 6. The molecule has 0 unspecified atom stereocenters. The van der Waals surface area contributed by atoms with Crippen LogP contribution < -0.4 is 5.73 Å². The van der Waals surface area contributed by atoms with Crippen LogP contribution in [-0.2, 0) is 0 Å². The van der Waals surface area contributed by atoms with E-state index in [1.54, 1.807) is 6.20 Å². The molecule has 0 aliphatic carbocycles. The molecule has 0 bridgehead atoms. The van der Waals surface area contributed by atoms with Crippen molar-refractivity contribution < 1.29 is 0 Å². The number of allylic oxidation sites excluding steroid dienone is 8. The van der Waals surface area contributed by atoms with Crippen LogP contribution >= 0.6 is 0 Å². The van der Waals surface area contributed by atoms with E-state index in [0.717, 1.165) is 18.4 Å². The summed E-state index contributed by atoms with van der Waals surface area (Å²) >= 11 is 0. The maximum atomic E-state index is 5.50. The van der Waals surface area contributed by atoms with Gasteiger partial charge in [0.15, 0.2) is 0 Å². The Kier molecular flexibility index (Phi) is 7.86. The van der Waals surface area contributed by atoms with Gasteiger partial charge in [0.25, 0.3) is 0 Å². The molecule has 0 fully saturated rings. The van der Waals surface area contributed by atoms with E-state index in [4.69, 9.17) is 5.73 Å². The maximum absolute atomic E-state index is 5.50. The lowest BCUT2D eigenvalue weighted by molar-refractivity contribution is 0.928. The van der Waals surface area contributed by atoms with Gasteiger partial charge in [-0.25, -0.2) is 0 Å². The molecule has 0 rings (SSSR count). The minimum atomic E-state index is 1.05. The van der Waals surface area contributed by atoms with Crippen molar-refractivity contribution in [2.45, 2.75) is 47.5 Å². The largest absolute Gasteiger partial charge is 0.404 e. The van der Waals surface area contributed by atoms with Crippen molar-refractivity contribution in [1.29, 1.82) is 0 Å². The van der Waals surface area contributed by atoms with E-state index in [2.05, 4.69) is 52.5 Å². The summed E-state index contributed by atoms with van der Waals surface area (Å²) in [7, 11) is 0. The van der Waals surface area contributed by atoms with Gasteiger partial charge >= 0.3 is 0 Å². The highest BCUT2D eigenvalue weighted by atomic mass is 14.5. The van der Waals surface area contributed by atoms with Crippen LogP contribution in [0, 0.1) is 0 Å². The maximum Gasteiger partial charge on any atom is -0.00324 e. The van der Waals surface area contributed by atoms with Crippen molar-refractivity contribution in [2.75, 3.05) is 0 Å². The normalized spacial score (nSPS) is 14.9. The van der Waals surface area contributed by atoms with E-state index < -0.39 is 0 Å². The quantitative estimate of drug-likeness (QED) is 0.651. The molecule has 0 aliphatic rings. The summed E-state index contributed by atoms with van der Waals surface area (Å²) in [6, 6.07) is 0. The van der Waals surface area contributed by atoms with Crippen LogP contribution in [-0.4, -0.2) is 0 Å². The summed E-state index contributed by atoms with van der Waals surface area (Å²) in [6.45, 7) is 14.6. The molecule has 0 aromatic carbocycles. The van der Waals surface area contributed by atoms with Crippen molar-refractivity contribution >= 4 is 0 Å². The standard InChI is InChI=1S/C17H27N/c1-7-9-13(3)10-15(5)17(8-2)16(6)11-14(4)12-18/h8,10-12H,3,7,9,18H2,1-2,4-6H3/b14-12+,15-10-,16-11+,17-8+. The molecule has 18 heavy (non-hydrogen) atoms. The minimum absolute atomic E-state index is 1.05. The SMILES string of the molecule is C=C(\C=C(C)/C(=C\C)C(/C)=C/C(C)=C/N)CCC. The smallest absolute Gasteiger partial charge is 0.00324 e. The van der Waals surface area contributed by atoms with Gasteiger partial charge in [-0.3, -0.25) is 0 Å². The highest BCUT2D eigenvalue weighted by Gasteiger charge is 2.02. The highest BCUT2D eigenvalue weighted by molar-refractivity contribution is 5.48. The van der Waals surface area contributed by atoms with Crippen LogP contribution in [0.3, 0.4) is 0 Å². The fraction of sp³-hybridized carbons (Fsp3) is 0.412. The van der Waals surface area contributed by atoms with Gasteiger partial charge in [0.2, 0.25) is 0 Å². The van der Waals surface area contributed by atoms with Gasteiger partial charge in [-0.1, -0.05) is 43.7 Å². The number of nitrogens with two attached hydrogens (primary N) is 1. The zero-order valence-electron chi connectivity index (χ0n) is 12.5. The third-order valence-corrected chi connectivity index (χ3v) is 2.84. The minimum Gasteiger partial charge on any atom is -0.404 e. The molecule has 0 saturated heterocycles. The fourth-order valence-electron chi connectivity index (χ4n) is 2.01. The summed E-state index contributed by atoms with van der Waals surface area (Å²) in [5.41, 5.74) is 11.5. The summed E-state index contributed by atoms with van der Waals surface area (Å²) in [6.07, 6.45) is 10.2. The van der Waals surface area contributed by atoms with Crippen LogP contribution in [0.1, 0.15) is 47.5 Å². The van der Waals surface area contributed by atoms with E-state index in [9.17, 15) is 0 Å². The average molecular weight is 245 g/mol. The van der Waals surface area contributed by atoms with E-state index in [-0.39, 0.29) is 0 Å². The molecular weight excluding hydrogens is 218 g/mol. The summed E-state index contributed by atoms with van der Waals surface area (Å²) in [5, 5.41) is 0. The van der Waals surface area contributed by atoms with Gasteiger partial charge in [0.1, 0.15) is 0 Å². The molecule has 0 spiro atoms. The van der Waals surface area contributed by atoms with Gasteiger partial charge in [-0.15, -0.1) is 0 Å². The average Bonchev–Trinajstić information content (AvgIpc) is 2.29. The monoisotopic (exact) mass is 245 g/mol. The van der Waals surface area contributed by atoms with Gasteiger partial charge in [0.05, 0.1) is 0 Å². The summed E-state index contributed by atoms with van der Waals surface area (Å²) in [5.74, 6) is 0. The first-order valence-corrected chi connectivity index (χ1v) is 6.56. The van der Waals surface area contributed by atoms with Crippen molar-refractivity contribution in [2.24, 2.45) is 5.73 Å². The van der Waals surface area contributed by atoms with Crippen LogP contribution in [0.25, 0.3) is 0 Å². The van der Waals surface area contributed by atoms with Crippen LogP contribution in [0.2, 0.25) is 0 Å². The Morgan fingerprint density at radius 3 is 2.11 bits per heavy atom. The third-order valence-electron chi connectivity index (χ3n) is 2.84. The molecule has 0 amide bonds. The summed E-state index contributed by atoms with van der Waals surface area (Å²) in [4.78, 5) is 0. The van der Waals surface area contributed by atoms with Crippen molar-refractivity contribution in [3.63, 3.8) is 0 Å². The first kappa shape index (κ1) is 16.5. The Balaban J connectivity index is 5.12. The predicted molar refractivity (Wildman–Crippen MR) is 83.3 cm³/mol. The molecule has 0 heterocycles. The van der Waals surface area contributed by atoms with Crippen molar-refractivity contribution in [3.05, 3.63) is 58.9 Å². The topological polar surface area (TPSA) is 26.0 Å². The molecule has 1 nitrogen and oxygen atoms in total. The molecule has 0 atom stereocenters. The van der Waals surface area contributed by atoms with Gasteiger partial charge in [0, 0.05) is 0 Å². The third kappa shape index (κ3) is 5.72. The molecule has 0 aliphatic heterocycles. The van der Waals surface area contributed by atoms with Crippen LogP contribution in [0.5, 0.6) is 0 Å². The van der Waals surface area contributed by atoms with E-state index in [0.29, 0.717) is 0 Å². The Morgan fingerprint density at radius 2 is 1.67 bits per heavy atom. The van der Waals surface area contributed by atoms with E-state index in [1.165, 1.54) is 22.3 Å². The molecule has 0 radical (unpaired) electrons. The highest BCUT2D eigenvalue weighted by Crippen LogP contribution is 2.22. The lowest BCUT2D eigenvalue weighted by Crippen LogP contribution is -1.91. The van der Waals surface area contributed by atoms with Crippen LogP contribution in [0.15, 0.2) is 58.9 Å². The molecular formula is C17H27N.